The van der Waals surface area contributed by atoms with E-state index in [4.69, 9.17) is 0 Å². The molecule has 0 N–H and O–H groups in total. The zero-order valence-electron chi connectivity index (χ0n) is 13.5. The van der Waals surface area contributed by atoms with E-state index >= 15 is 0 Å². The Morgan fingerprint density at radius 2 is 1.14 bits per heavy atom. The summed E-state index contributed by atoms with van der Waals surface area (Å²) in [6.07, 6.45) is 0. The molecule has 0 saturated heterocycles. The monoisotopic (exact) mass is 281 g/mol. The van der Waals surface area contributed by atoms with Gasteiger partial charge in [-0.2, -0.15) is 0 Å². The highest BCUT2D eigenvalue weighted by molar-refractivity contribution is 5.17. The van der Waals surface area contributed by atoms with Gasteiger partial charge in [0.25, 0.3) is 0 Å². The molecule has 1 heteroatoms. The fourth-order valence-corrected chi connectivity index (χ4v) is 2.49. The third-order valence-corrected chi connectivity index (χ3v) is 4.18. The van der Waals surface area contributed by atoms with Crippen molar-refractivity contribution < 1.29 is 0 Å². The molecule has 2 rings (SSSR count). The van der Waals surface area contributed by atoms with Gasteiger partial charge in [0.15, 0.2) is 0 Å². The summed E-state index contributed by atoms with van der Waals surface area (Å²) in [4.78, 5) is 2.56. The van der Waals surface area contributed by atoms with Gasteiger partial charge in [0, 0.05) is 19.6 Å². The standard InChI is InChI=1S/C20H27N/c1-17(2)18(3)14-21(15-19-10-6-4-7-11-19)16-20-12-8-5-9-13-20/h4-13,17-18H,14-16H2,1-3H3/t18-/m1/s1. The lowest BCUT2D eigenvalue weighted by molar-refractivity contribution is 0.196. The predicted octanol–water partition coefficient (Wildman–Crippen LogP) is 4.98. The molecule has 0 radical (unpaired) electrons. The first-order valence-corrected chi connectivity index (χ1v) is 7.95. The Kier molecular flexibility index (Phi) is 6.01. The van der Waals surface area contributed by atoms with Crippen LogP contribution in [0.1, 0.15) is 31.9 Å². The van der Waals surface area contributed by atoms with E-state index in [1.807, 2.05) is 0 Å². The van der Waals surface area contributed by atoms with Gasteiger partial charge in [-0.15, -0.1) is 0 Å². The summed E-state index contributed by atoms with van der Waals surface area (Å²) in [7, 11) is 0. The van der Waals surface area contributed by atoms with Crippen LogP contribution in [0.5, 0.6) is 0 Å². The number of hydrogen-bond donors (Lipinski definition) is 0. The second-order valence-electron chi connectivity index (χ2n) is 6.36. The Hall–Kier alpha value is -1.60. The normalized spacial score (nSPS) is 12.8. The van der Waals surface area contributed by atoms with E-state index in [1.165, 1.54) is 11.1 Å². The first-order valence-electron chi connectivity index (χ1n) is 7.95. The first-order chi connectivity index (χ1) is 10.1. The molecule has 2 aromatic carbocycles. The minimum atomic E-state index is 0.706. The van der Waals surface area contributed by atoms with Crippen LogP contribution in [-0.2, 0) is 13.1 Å². The van der Waals surface area contributed by atoms with Crippen molar-refractivity contribution in [1.82, 2.24) is 4.90 Å². The zero-order chi connectivity index (χ0) is 15.1. The molecular formula is C20H27N. The molecule has 0 amide bonds. The maximum Gasteiger partial charge on any atom is 0.0237 e. The highest BCUT2D eigenvalue weighted by atomic mass is 15.1. The van der Waals surface area contributed by atoms with Crippen LogP contribution in [0.15, 0.2) is 60.7 Å². The van der Waals surface area contributed by atoms with E-state index in [2.05, 4.69) is 86.3 Å². The van der Waals surface area contributed by atoms with E-state index in [0.717, 1.165) is 25.6 Å². The van der Waals surface area contributed by atoms with Crippen LogP contribution in [0.25, 0.3) is 0 Å². The van der Waals surface area contributed by atoms with E-state index in [0.29, 0.717) is 5.92 Å². The van der Waals surface area contributed by atoms with E-state index in [-0.39, 0.29) is 0 Å². The minimum absolute atomic E-state index is 0.706. The largest absolute Gasteiger partial charge is 0.295 e. The zero-order valence-corrected chi connectivity index (χ0v) is 13.5. The highest BCUT2D eigenvalue weighted by Gasteiger charge is 2.14. The molecule has 1 nitrogen and oxygen atoms in total. The van der Waals surface area contributed by atoms with Gasteiger partial charge in [-0.3, -0.25) is 4.90 Å². The van der Waals surface area contributed by atoms with Crippen LogP contribution >= 0.6 is 0 Å². The van der Waals surface area contributed by atoms with E-state index < -0.39 is 0 Å². The average Bonchev–Trinajstić information content (AvgIpc) is 2.49. The lowest BCUT2D eigenvalue weighted by Crippen LogP contribution is -2.29. The molecule has 0 heterocycles. The average molecular weight is 281 g/mol. The van der Waals surface area contributed by atoms with Crippen LogP contribution in [0.2, 0.25) is 0 Å². The van der Waals surface area contributed by atoms with Gasteiger partial charge in [0.2, 0.25) is 0 Å². The molecule has 0 unspecified atom stereocenters. The summed E-state index contributed by atoms with van der Waals surface area (Å²) in [5, 5.41) is 0. The first kappa shape index (κ1) is 15.8. The van der Waals surface area contributed by atoms with Crippen LogP contribution < -0.4 is 0 Å². The molecule has 0 spiro atoms. The molecule has 21 heavy (non-hydrogen) atoms. The van der Waals surface area contributed by atoms with Crippen LogP contribution in [0.3, 0.4) is 0 Å². The smallest absolute Gasteiger partial charge is 0.0237 e. The van der Waals surface area contributed by atoms with Gasteiger partial charge in [-0.05, 0) is 23.0 Å². The quantitative estimate of drug-likeness (QED) is 0.691. The van der Waals surface area contributed by atoms with Gasteiger partial charge in [0.1, 0.15) is 0 Å². The second kappa shape index (κ2) is 7.99. The van der Waals surface area contributed by atoms with Crippen molar-refractivity contribution in [2.75, 3.05) is 6.54 Å². The molecule has 0 fully saturated rings. The molecule has 1 atom stereocenters. The third kappa shape index (κ3) is 5.35. The molecule has 2 aromatic rings. The molecule has 0 bridgehead atoms. The molecule has 0 aliphatic carbocycles. The van der Waals surface area contributed by atoms with Gasteiger partial charge >= 0.3 is 0 Å². The second-order valence-corrected chi connectivity index (χ2v) is 6.36. The lowest BCUT2D eigenvalue weighted by Gasteiger charge is -2.27. The summed E-state index contributed by atoms with van der Waals surface area (Å²) < 4.78 is 0. The fraction of sp³-hybridized carbons (Fsp3) is 0.400. The van der Waals surface area contributed by atoms with E-state index in [9.17, 15) is 0 Å². The predicted molar refractivity (Wildman–Crippen MR) is 91.0 cm³/mol. The van der Waals surface area contributed by atoms with Crippen molar-refractivity contribution in [3.8, 4) is 0 Å². The summed E-state index contributed by atoms with van der Waals surface area (Å²) in [6, 6.07) is 21.6. The Balaban J connectivity index is 2.06. The lowest BCUT2D eigenvalue weighted by atomic mass is 9.97. The van der Waals surface area contributed by atoms with Crippen molar-refractivity contribution in [2.45, 2.75) is 33.9 Å². The molecule has 0 saturated carbocycles. The number of benzene rings is 2. The third-order valence-electron chi connectivity index (χ3n) is 4.18. The molecule has 0 aromatic heterocycles. The highest BCUT2D eigenvalue weighted by Crippen LogP contribution is 2.16. The van der Waals surface area contributed by atoms with Crippen LogP contribution in [0, 0.1) is 11.8 Å². The van der Waals surface area contributed by atoms with Crippen molar-refractivity contribution in [3.63, 3.8) is 0 Å². The van der Waals surface area contributed by atoms with Crippen molar-refractivity contribution in [1.29, 1.82) is 0 Å². The van der Waals surface area contributed by atoms with Crippen molar-refractivity contribution in [2.24, 2.45) is 11.8 Å². The summed E-state index contributed by atoms with van der Waals surface area (Å²) in [5.41, 5.74) is 2.79. The maximum absolute atomic E-state index is 2.56. The van der Waals surface area contributed by atoms with E-state index in [1.54, 1.807) is 0 Å². The Bertz CT molecular complexity index is 462. The van der Waals surface area contributed by atoms with Gasteiger partial charge in [-0.1, -0.05) is 81.4 Å². The van der Waals surface area contributed by atoms with Gasteiger partial charge in [-0.25, -0.2) is 0 Å². The van der Waals surface area contributed by atoms with Crippen LogP contribution in [0.4, 0.5) is 0 Å². The Morgan fingerprint density at radius 3 is 1.52 bits per heavy atom. The van der Waals surface area contributed by atoms with Crippen molar-refractivity contribution in [3.05, 3.63) is 71.8 Å². The molecule has 0 aliphatic heterocycles. The molecule has 112 valence electrons. The van der Waals surface area contributed by atoms with Gasteiger partial charge < -0.3 is 0 Å². The number of rotatable bonds is 7. The fourth-order valence-electron chi connectivity index (χ4n) is 2.49. The topological polar surface area (TPSA) is 3.24 Å². The number of hydrogen-bond acceptors (Lipinski definition) is 1. The molecule has 0 aliphatic rings. The molecular weight excluding hydrogens is 254 g/mol. The Morgan fingerprint density at radius 1 is 0.714 bits per heavy atom. The van der Waals surface area contributed by atoms with Crippen molar-refractivity contribution >= 4 is 0 Å². The maximum atomic E-state index is 2.56. The summed E-state index contributed by atoms with van der Waals surface area (Å²) in [6.45, 7) is 10.2. The van der Waals surface area contributed by atoms with Crippen LogP contribution in [-0.4, -0.2) is 11.4 Å². The summed E-state index contributed by atoms with van der Waals surface area (Å²) in [5.74, 6) is 1.43. The summed E-state index contributed by atoms with van der Waals surface area (Å²) >= 11 is 0. The number of nitrogens with zero attached hydrogens (tertiary/aromatic N) is 1. The minimum Gasteiger partial charge on any atom is -0.295 e. The Labute approximate surface area is 129 Å². The van der Waals surface area contributed by atoms with Gasteiger partial charge in [0.05, 0.1) is 0 Å². The SMILES string of the molecule is CC(C)[C@H](C)CN(Cc1ccccc1)Cc1ccccc1.